The summed E-state index contributed by atoms with van der Waals surface area (Å²) in [5.41, 5.74) is 1.66. The van der Waals surface area contributed by atoms with E-state index in [0.717, 1.165) is 4.90 Å². The van der Waals surface area contributed by atoms with Crippen LogP contribution in [0.15, 0.2) is 66.7 Å². The molecule has 36 heavy (non-hydrogen) atoms. The molecule has 0 radical (unpaired) electrons. The van der Waals surface area contributed by atoms with Crippen molar-refractivity contribution in [2.24, 2.45) is 0 Å². The Morgan fingerprint density at radius 3 is 2.03 bits per heavy atom. The van der Waals surface area contributed by atoms with Gasteiger partial charge in [-0.15, -0.1) is 0 Å². The summed E-state index contributed by atoms with van der Waals surface area (Å²) in [7, 11) is 0. The van der Waals surface area contributed by atoms with Crippen LogP contribution in [0.4, 0.5) is 0 Å². The summed E-state index contributed by atoms with van der Waals surface area (Å²) in [4.78, 5) is 50.7. The lowest BCUT2D eigenvalue weighted by Gasteiger charge is -2.25. The average molecular weight is 527 g/mol. The van der Waals surface area contributed by atoms with Gasteiger partial charge in [-0.3, -0.25) is 24.1 Å². The zero-order chi connectivity index (χ0) is 25.8. The van der Waals surface area contributed by atoms with E-state index in [9.17, 15) is 19.2 Å². The Kier molecular flexibility index (Phi) is 7.57. The number of carbonyl (C=O) groups excluding carboxylic acids is 3. The van der Waals surface area contributed by atoms with Crippen LogP contribution in [0.5, 0.6) is 5.75 Å². The molecule has 0 saturated carbocycles. The lowest BCUT2D eigenvalue weighted by atomic mass is 10.0. The monoisotopic (exact) mass is 526 g/mol. The molecule has 4 rings (SSSR count). The van der Waals surface area contributed by atoms with Crippen molar-refractivity contribution in [2.75, 3.05) is 6.54 Å². The highest BCUT2D eigenvalue weighted by Gasteiger charge is 2.42. The van der Waals surface area contributed by atoms with Crippen LogP contribution in [-0.4, -0.2) is 46.3 Å². The summed E-state index contributed by atoms with van der Waals surface area (Å²) in [5.74, 6) is -2.70. The van der Waals surface area contributed by atoms with Crippen molar-refractivity contribution in [3.05, 3.63) is 99.0 Å². The van der Waals surface area contributed by atoms with Crippen LogP contribution in [-0.2, 0) is 22.6 Å². The van der Waals surface area contributed by atoms with Gasteiger partial charge in [-0.05, 0) is 42.0 Å². The van der Waals surface area contributed by atoms with Gasteiger partial charge in [0.2, 0.25) is 5.91 Å². The summed E-state index contributed by atoms with van der Waals surface area (Å²) >= 11 is 12.3. The number of hydrogen-bond donors (Lipinski definition) is 2. The van der Waals surface area contributed by atoms with Crippen molar-refractivity contribution in [1.82, 2.24) is 10.2 Å². The fraction of sp³-hybridized carbons (Fsp3) is 0.154. The number of carbonyl (C=O) groups is 4. The molecule has 0 fully saturated rings. The van der Waals surface area contributed by atoms with Gasteiger partial charge in [0.05, 0.1) is 11.1 Å². The van der Waals surface area contributed by atoms with Gasteiger partial charge < -0.3 is 15.2 Å². The summed E-state index contributed by atoms with van der Waals surface area (Å²) in [5, 5.41) is 12.2. The minimum absolute atomic E-state index is 0.0203. The second-order valence-electron chi connectivity index (χ2n) is 7.99. The Bertz CT molecular complexity index is 1290. The maximum Gasteiger partial charge on any atom is 0.322 e. The molecular formula is C26H20Cl2N2O6. The molecule has 3 amide bonds. The van der Waals surface area contributed by atoms with Gasteiger partial charge >= 0.3 is 5.97 Å². The standard InChI is InChI=1S/C26H20Cl2N2O6/c27-20-6-3-7-21(28)19(20)14-36-16-10-8-15(9-11-16)12-22(24(33)29-13-23(31)32)30-25(34)17-4-1-2-5-18(17)26(30)35/h1-11,22H,12-14H2,(H,29,33)(H,31,32)/t22-/m0/s1. The number of benzene rings is 3. The van der Waals surface area contributed by atoms with Crippen molar-refractivity contribution in [2.45, 2.75) is 19.1 Å². The predicted molar refractivity (Wildman–Crippen MR) is 132 cm³/mol. The van der Waals surface area contributed by atoms with Crippen molar-refractivity contribution >= 4 is 46.9 Å². The van der Waals surface area contributed by atoms with E-state index in [2.05, 4.69) is 5.32 Å². The number of carboxylic acid groups (broad SMARTS) is 1. The van der Waals surface area contributed by atoms with Crippen LogP contribution in [0.2, 0.25) is 10.0 Å². The highest BCUT2D eigenvalue weighted by atomic mass is 35.5. The smallest absolute Gasteiger partial charge is 0.322 e. The van der Waals surface area contributed by atoms with Gasteiger partial charge in [0, 0.05) is 22.0 Å². The number of carboxylic acids is 1. The quantitative estimate of drug-likeness (QED) is 0.407. The van der Waals surface area contributed by atoms with E-state index in [1.54, 1.807) is 54.6 Å². The Hall–Kier alpha value is -3.88. The van der Waals surface area contributed by atoms with E-state index in [4.69, 9.17) is 33.0 Å². The number of amides is 3. The molecule has 0 spiro atoms. The van der Waals surface area contributed by atoms with Crippen molar-refractivity contribution in [1.29, 1.82) is 0 Å². The van der Waals surface area contributed by atoms with Gasteiger partial charge in [-0.1, -0.05) is 53.5 Å². The molecular weight excluding hydrogens is 507 g/mol. The molecule has 0 aliphatic carbocycles. The molecule has 1 atom stereocenters. The molecule has 184 valence electrons. The summed E-state index contributed by atoms with van der Waals surface area (Å²) in [6.45, 7) is -0.497. The predicted octanol–water partition coefficient (Wildman–Crippen LogP) is 3.98. The molecule has 1 aliphatic heterocycles. The van der Waals surface area contributed by atoms with E-state index in [1.165, 1.54) is 12.1 Å². The maximum atomic E-state index is 13.0. The van der Waals surface area contributed by atoms with Gasteiger partial charge in [0.1, 0.15) is 24.9 Å². The first-order valence-corrected chi connectivity index (χ1v) is 11.6. The van der Waals surface area contributed by atoms with Crippen LogP contribution in [0.1, 0.15) is 31.8 Å². The fourth-order valence-corrected chi connectivity index (χ4v) is 4.35. The summed E-state index contributed by atoms with van der Waals surface area (Å²) in [6, 6.07) is 16.9. The van der Waals surface area contributed by atoms with E-state index in [0.29, 0.717) is 26.9 Å². The van der Waals surface area contributed by atoms with Crippen molar-refractivity contribution in [3.63, 3.8) is 0 Å². The second-order valence-corrected chi connectivity index (χ2v) is 8.80. The van der Waals surface area contributed by atoms with E-state index in [-0.39, 0.29) is 24.2 Å². The van der Waals surface area contributed by atoms with E-state index >= 15 is 0 Å². The molecule has 8 nitrogen and oxygen atoms in total. The Labute approximate surface area is 216 Å². The Morgan fingerprint density at radius 2 is 1.47 bits per heavy atom. The maximum absolute atomic E-state index is 13.0. The molecule has 0 aromatic heterocycles. The molecule has 0 bridgehead atoms. The van der Waals surface area contributed by atoms with Crippen LogP contribution >= 0.6 is 23.2 Å². The molecule has 0 unspecified atom stereocenters. The molecule has 0 saturated heterocycles. The van der Waals surface area contributed by atoms with Crippen LogP contribution in [0.25, 0.3) is 0 Å². The van der Waals surface area contributed by atoms with Gasteiger partial charge in [-0.2, -0.15) is 0 Å². The Balaban J connectivity index is 1.52. The molecule has 2 N–H and O–H groups in total. The third-order valence-electron chi connectivity index (χ3n) is 5.65. The fourth-order valence-electron chi connectivity index (χ4n) is 3.84. The van der Waals surface area contributed by atoms with Crippen molar-refractivity contribution in [3.8, 4) is 5.75 Å². The Morgan fingerprint density at radius 1 is 0.889 bits per heavy atom. The zero-order valence-corrected chi connectivity index (χ0v) is 20.3. The first kappa shape index (κ1) is 25.2. The number of nitrogens with zero attached hydrogens (tertiary/aromatic N) is 1. The van der Waals surface area contributed by atoms with Gasteiger partial charge in [-0.25, -0.2) is 0 Å². The van der Waals surface area contributed by atoms with Crippen LogP contribution in [0, 0.1) is 0 Å². The minimum atomic E-state index is -1.25. The molecule has 3 aromatic rings. The number of rotatable bonds is 9. The van der Waals surface area contributed by atoms with Crippen molar-refractivity contribution < 1.29 is 29.0 Å². The normalized spacial score (nSPS) is 13.3. The highest BCUT2D eigenvalue weighted by molar-refractivity contribution is 6.36. The number of imide groups is 1. The molecule has 3 aromatic carbocycles. The first-order valence-electron chi connectivity index (χ1n) is 10.9. The van der Waals surface area contributed by atoms with Crippen LogP contribution < -0.4 is 10.1 Å². The number of ether oxygens (including phenoxy) is 1. The third kappa shape index (κ3) is 5.35. The number of hydrogen-bond acceptors (Lipinski definition) is 5. The number of halogens is 2. The highest BCUT2D eigenvalue weighted by Crippen LogP contribution is 2.28. The second kappa shape index (κ2) is 10.8. The molecule has 1 heterocycles. The van der Waals surface area contributed by atoms with E-state index < -0.39 is 36.3 Å². The molecule has 10 heteroatoms. The third-order valence-corrected chi connectivity index (χ3v) is 6.36. The number of nitrogens with one attached hydrogen (secondary N) is 1. The molecule has 1 aliphatic rings. The lowest BCUT2D eigenvalue weighted by molar-refractivity contribution is -0.138. The van der Waals surface area contributed by atoms with Crippen LogP contribution in [0.3, 0.4) is 0 Å². The van der Waals surface area contributed by atoms with Gasteiger partial charge in [0.15, 0.2) is 0 Å². The summed E-state index contributed by atoms with van der Waals surface area (Å²) < 4.78 is 5.77. The number of aliphatic carboxylic acids is 1. The largest absolute Gasteiger partial charge is 0.489 e. The van der Waals surface area contributed by atoms with E-state index in [1.807, 2.05) is 0 Å². The van der Waals surface area contributed by atoms with Gasteiger partial charge in [0.25, 0.3) is 11.8 Å². The SMILES string of the molecule is O=C(O)CNC(=O)[C@H](Cc1ccc(OCc2c(Cl)cccc2Cl)cc1)N1C(=O)c2ccccc2C1=O. The minimum Gasteiger partial charge on any atom is -0.489 e. The summed E-state index contributed by atoms with van der Waals surface area (Å²) in [6.07, 6.45) is -0.0203. The topological polar surface area (TPSA) is 113 Å². The lowest BCUT2D eigenvalue weighted by Crippen LogP contribution is -2.51. The average Bonchev–Trinajstić information content (AvgIpc) is 3.11. The zero-order valence-electron chi connectivity index (χ0n) is 18.7. The number of fused-ring (bicyclic) bond motifs is 1. The first-order chi connectivity index (χ1) is 17.3.